The van der Waals surface area contributed by atoms with Gasteiger partial charge in [0.05, 0.1) is 12.2 Å². The zero-order chi connectivity index (χ0) is 19.2. The SMILES string of the molecule is CCOC(=O)c1ccc(Nc2cc(C(=O)N3CCCCC3)nc(C)n2)cc1. The van der Waals surface area contributed by atoms with Crippen molar-refractivity contribution in [3.63, 3.8) is 0 Å². The molecule has 0 spiro atoms. The molecule has 7 heteroatoms. The number of carbonyl (C=O) groups excluding carboxylic acids is 2. The van der Waals surface area contributed by atoms with E-state index in [9.17, 15) is 9.59 Å². The average Bonchev–Trinajstić information content (AvgIpc) is 2.68. The number of nitrogens with one attached hydrogen (secondary N) is 1. The Hall–Kier alpha value is -2.96. The molecule has 0 aliphatic carbocycles. The molecule has 1 aliphatic heterocycles. The molecular formula is C20H24N4O3. The number of anilines is 2. The lowest BCUT2D eigenvalue weighted by Crippen LogP contribution is -2.36. The molecule has 1 aliphatic rings. The molecule has 1 aromatic heterocycles. The molecule has 1 saturated heterocycles. The summed E-state index contributed by atoms with van der Waals surface area (Å²) in [5.41, 5.74) is 1.65. The van der Waals surface area contributed by atoms with Crippen LogP contribution in [-0.2, 0) is 4.74 Å². The van der Waals surface area contributed by atoms with Crippen LogP contribution in [0.15, 0.2) is 30.3 Å². The monoisotopic (exact) mass is 368 g/mol. The summed E-state index contributed by atoms with van der Waals surface area (Å²) in [6.45, 7) is 5.43. The molecule has 3 rings (SSSR count). The van der Waals surface area contributed by atoms with Crippen LogP contribution in [0.25, 0.3) is 0 Å². The summed E-state index contributed by atoms with van der Waals surface area (Å²) in [5, 5.41) is 3.17. The smallest absolute Gasteiger partial charge is 0.338 e. The number of ether oxygens (including phenoxy) is 1. The number of aromatic nitrogens is 2. The third-order valence-electron chi connectivity index (χ3n) is 4.37. The van der Waals surface area contributed by atoms with Crippen molar-refractivity contribution in [3.05, 3.63) is 47.4 Å². The minimum Gasteiger partial charge on any atom is -0.462 e. The third kappa shape index (κ3) is 4.81. The molecule has 2 heterocycles. The summed E-state index contributed by atoms with van der Waals surface area (Å²) < 4.78 is 4.98. The molecular weight excluding hydrogens is 344 g/mol. The Balaban J connectivity index is 1.74. The number of esters is 1. The number of hydrogen-bond acceptors (Lipinski definition) is 6. The summed E-state index contributed by atoms with van der Waals surface area (Å²) in [5.74, 6) is 0.674. The van der Waals surface area contributed by atoms with Crippen LogP contribution in [0, 0.1) is 6.92 Å². The largest absolute Gasteiger partial charge is 0.462 e. The van der Waals surface area contributed by atoms with Crippen LogP contribution in [-0.4, -0.2) is 46.4 Å². The van der Waals surface area contributed by atoms with Gasteiger partial charge in [0.1, 0.15) is 17.3 Å². The Morgan fingerprint density at radius 3 is 2.48 bits per heavy atom. The number of amides is 1. The van der Waals surface area contributed by atoms with Gasteiger partial charge in [-0.15, -0.1) is 0 Å². The number of piperidine rings is 1. The average molecular weight is 368 g/mol. The summed E-state index contributed by atoms with van der Waals surface area (Å²) >= 11 is 0. The summed E-state index contributed by atoms with van der Waals surface area (Å²) in [7, 11) is 0. The van der Waals surface area contributed by atoms with E-state index >= 15 is 0 Å². The van der Waals surface area contributed by atoms with Crippen LogP contribution in [0.1, 0.15) is 52.9 Å². The molecule has 1 aromatic carbocycles. The van der Waals surface area contributed by atoms with Gasteiger partial charge in [0.2, 0.25) is 0 Å². The predicted octanol–water partition coefficient (Wildman–Crippen LogP) is 3.33. The van der Waals surface area contributed by atoms with Crippen LogP contribution in [0.4, 0.5) is 11.5 Å². The van der Waals surface area contributed by atoms with E-state index in [1.807, 2.05) is 4.90 Å². The highest BCUT2D eigenvalue weighted by molar-refractivity contribution is 5.93. The van der Waals surface area contributed by atoms with Crippen molar-refractivity contribution >= 4 is 23.4 Å². The van der Waals surface area contributed by atoms with Gasteiger partial charge in [0, 0.05) is 24.8 Å². The Morgan fingerprint density at radius 2 is 1.81 bits per heavy atom. The fraction of sp³-hybridized carbons (Fsp3) is 0.400. The first-order chi connectivity index (χ1) is 13.1. The van der Waals surface area contributed by atoms with Crippen LogP contribution in [0.3, 0.4) is 0 Å². The van der Waals surface area contributed by atoms with Crippen LogP contribution in [0.5, 0.6) is 0 Å². The van der Waals surface area contributed by atoms with Crippen molar-refractivity contribution in [2.75, 3.05) is 25.0 Å². The third-order valence-corrected chi connectivity index (χ3v) is 4.37. The number of hydrogen-bond donors (Lipinski definition) is 1. The van der Waals surface area contributed by atoms with Crippen molar-refractivity contribution in [2.45, 2.75) is 33.1 Å². The summed E-state index contributed by atoms with van der Waals surface area (Å²) in [4.78, 5) is 34.9. The Morgan fingerprint density at radius 1 is 1.11 bits per heavy atom. The zero-order valence-corrected chi connectivity index (χ0v) is 15.7. The second-order valence-corrected chi connectivity index (χ2v) is 6.46. The van der Waals surface area contributed by atoms with Gasteiger partial charge in [-0.2, -0.15) is 0 Å². The fourth-order valence-electron chi connectivity index (χ4n) is 3.05. The fourth-order valence-corrected chi connectivity index (χ4v) is 3.05. The van der Waals surface area contributed by atoms with Gasteiger partial charge in [-0.05, 0) is 57.4 Å². The van der Waals surface area contributed by atoms with Gasteiger partial charge in [-0.25, -0.2) is 14.8 Å². The van der Waals surface area contributed by atoms with E-state index in [0.29, 0.717) is 29.5 Å². The maximum Gasteiger partial charge on any atom is 0.338 e. The second-order valence-electron chi connectivity index (χ2n) is 6.46. The lowest BCUT2D eigenvalue weighted by atomic mass is 10.1. The quantitative estimate of drug-likeness (QED) is 0.815. The molecule has 1 amide bonds. The van der Waals surface area contributed by atoms with Crippen molar-refractivity contribution in [1.82, 2.24) is 14.9 Å². The van der Waals surface area contributed by atoms with Gasteiger partial charge >= 0.3 is 5.97 Å². The summed E-state index contributed by atoms with van der Waals surface area (Å²) in [6, 6.07) is 8.59. The zero-order valence-electron chi connectivity index (χ0n) is 15.7. The van der Waals surface area contributed by atoms with Crippen molar-refractivity contribution in [3.8, 4) is 0 Å². The molecule has 27 heavy (non-hydrogen) atoms. The number of aryl methyl sites for hydroxylation is 1. The van der Waals surface area contributed by atoms with Crippen molar-refractivity contribution in [1.29, 1.82) is 0 Å². The van der Waals surface area contributed by atoms with Crippen molar-refractivity contribution in [2.24, 2.45) is 0 Å². The maximum absolute atomic E-state index is 12.7. The Bertz CT molecular complexity index is 814. The topological polar surface area (TPSA) is 84.4 Å². The molecule has 142 valence electrons. The van der Waals surface area contributed by atoms with E-state index in [0.717, 1.165) is 31.6 Å². The summed E-state index contributed by atoms with van der Waals surface area (Å²) in [6.07, 6.45) is 3.24. The first-order valence-corrected chi connectivity index (χ1v) is 9.26. The molecule has 7 nitrogen and oxygen atoms in total. The molecule has 0 radical (unpaired) electrons. The molecule has 0 unspecified atom stereocenters. The van der Waals surface area contributed by atoms with Gasteiger partial charge in [-0.3, -0.25) is 4.79 Å². The Kier molecular flexibility index (Phi) is 6.01. The number of benzene rings is 1. The number of nitrogens with zero attached hydrogens (tertiary/aromatic N) is 3. The molecule has 0 saturated carbocycles. The van der Waals surface area contributed by atoms with Gasteiger partial charge in [0.25, 0.3) is 5.91 Å². The number of carbonyl (C=O) groups is 2. The predicted molar refractivity (Wildman–Crippen MR) is 102 cm³/mol. The second kappa shape index (κ2) is 8.62. The molecule has 2 aromatic rings. The Labute approximate surface area is 158 Å². The minimum absolute atomic E-state index is 0.0547. The highest BCUT2D eigenvalue weighted by Crippen LogP contribution is 2.19. The standard InChI is InChI=1S/C20H24N4O3/c1-3-27-20(26)15-7-9-16(10-8-15)23-18-13-17(21-14(2)22-18)19(25)24-11-5-4-6-12-24/h7-10,13H,3-6,11-12H2,1-2H3,(H,21,22,23). The van der Waals surface area contributed by atoms with Crippen molar-refractivity contribution < 1.29 is 14.3 Å². The van der Waals surface area contributed by atoms with E-state index in [1.165, 1.54) is 6.42 Å². The first kappa shape index (κ1) is 18.8. The van der Waals surface area contributed by atoms with Gasteiger partial charge < -0.3 is 15.0 Å². The first-order valence-electron chi connectivity index (χ1n) is 9.26. The van der Waals surface area contributed by atoms with E-state index in [2.05, 4.69) is 15.3 Å². The number of rotatable bonds is 5. The number of likely N-dealkylation sites (tertiary alicyclic amines) is 1. The highest BCUT2D eigenvalue weighted by atomic mass is 16.5. The molecule has 0 atom stereocenters. The lowest BCUT2D eigenvalue weighted by Gasteiger charge is -2.26. The minimum atomic E-state index is -0.351. The van der Waals surface area contributed by atoms with Crippen LogP contribution >= 0.6 is 0 Å². The van der Waals surface area contributed by atoms with E-state index in [4.69, 9.17) is 4.74 Å². The van der Waals surface area contributed by atoms with E-state index in [1.54, 1.807) is 44.2 Å². The van der Waals surface area contributed by atoms with E-state index < -0.39 is 0 Å². The normalized spacial score (nSPS) is 13.9. The molecule has 1 N–H and O–H groups in total. The molecule has 0 bridgehead atoms. The molecule has 1 fully saturated rings. The van der Waals surface area contributed by atoms with Gasteiger partial charge in [-0.1, -0.05) is 0 Å². The highest BCUT2D eigenvalue weighted by Gasteiger charge is 2.20. The van der Waals surface area contributed by atoms with E-state index in [-0.39, 0.29) is 11.9 Å². The maximum atomic E-state index is 12.7. The lowest BCUT2D eigenvalue weighted by molar-refractivity contribution is 0.0526. The van der Waals surface area contributed by atoms with Crippen LogP contribution < -0.4 is 5.32 Å². The van der Waals surface area contributed by atoms with Crippen LogP contribution in [0.2, 0.25) is 0 Å². The van der Waals surface area contributed by atoms with Gasteiger partial charge in [0.15, 0.2) is 0 Å².